The highest BCUT2D eigenvalue weighted by molar-refractivity contribution is 7.89. The van der Waals surface area contributed by atoms with Crippen molar-refractivity contribution < 1.29 is 22.4 Å². The molecule has 2 rings (SSSR count). The van der Waals surface area contributed by atoms with Crippen LogP contribution < -0.4 is 0 Å². The van der Waals surface area contributed by atoms with Crippen molar-refractivity contribution in [3.63, 3.8) is 0 Å². The van der Waals surface area contributed by atoms with Crippen molar-refractivity contribution in [2.75, 3.05) is 19.7 Å². The first-order valence-corrected chi connectivity index (χ1v) is 7.68. The van der Waals surface area contributed by atoms with E-state index in [9.17, 15) is 13.2 Å². The van der Waals surface area contributed by atoms with Gasteiger partial charge in [0.2, 0.25) is 5.09 Å². The molecule has 0 aromatic carbocycles. The Morgan fingerprint density at radius 3 is 2.79 bits per heavy atom. The Hall–Kier alpha value is -1.18. The molecule has 19 heavy (non-hydrogen) atoms. The predicted molar refractivity (Wildman–Crippen MR) is 67.5 cm³/mol. The van der Waals surface area contributed by atoms with Crippen molar-refractivity contribution in [2.45, 2.75) is 31.0 Å². The second-order valence-corrected chi connectivity index (χ2v) is 6.23. The van der Waals surface area contributed by atoms with E-state index in [1.807, 2.05) is 0 Å². The second kappa shape index (κ2) is 5.85. The van der Waals surface area contributed by atoms with Gasteiger partial charge < -0.3 is 9.15 Å². The standard InChI is InChI=1S/C12H17NO5S/c1-2-13(8-10-4-3-7-17-10)19(15,16)12-6-5-11(9-14)18-12/h5-6,9-10H,2-4,7-8H2,1H3. The van der Waals surface area contributed by atoms with E-state index in [-0.39, 0.29) is 17.0 Å². The summed E-state index contributed by atoms with van der Waals surface area (Å²) in [5.41, 5.74) is 0. The molecule has 0 amide bonds. The van der Waals surface area contributed by atoms with E-state index >= 15 is 0 Å². The Morgan fingerprint density at radius 1 is 1.47 bits per heavy atom. The number of rotatable bonds is 6. The van der Waals surface area contributed by atoms with Gasteiger partial charge in [-0.2, -0.15) is 4.31 Å². The maximum absolute atomic E-state index is 12.3. The molecule has 1 aliphatic heterocycles. The Balaban J connectivity index is 2.17. The third-order valence-corrected chi connectivity index (χ3v) is 4.91. The van der Waals surface area contributed by atoms with Crippen molar-refractivity contribution in [3.05, 3.63) is 17.9 Å². The molecule has 0 bridgehead atoms. The summed E-state index contributed by atoms with van der Waals surface area (Å²) in [6.07, 6.45) is 2.24. The monoisotopic (exact) mass is 287 g/mol. The van der Waals surface area contributed by atoms with Crippen LogP contribution in [-0.2, 0) is 14.8 Å². The van der Waals surface area contributed by atoms with Gasteiger partial charge in [0.25, 0.3) is 10.0 Å². The van der Waals surface area contributed by atoms with Crippen molar-refractivity contribution >= 4 is 16.3 Å². The van der Waals surface area contributed by atoms with Crippen LogP contribution in [-0.4, -0.2) is 44.8 Å². The van der Waals surface area contributed by atoms with Crippen LogP contribution in [0.2, 0.25) is 0 Å². The quantitative estimate of drug-likeness (QED) is 0.737. The van der Waals surface area contributed by atoms with E-state index in [0.717, 1.165) is 12.8 Å². The normalized spacial score (nSPS) is 20.0. The van der Waals surface area contributed by atoms with Gasteiger partial charge in [-0.1, -0.05) is 6.92 Å². The summed E-state index contributed by atoms with van der Waals surface area (Å²) >= 11 is 0. The van der Waals surface area contributed by atoms with Gasteiger partial charge in [-0.05, 0) is 25.0 Å². The van der Waals surface area contributed by atoms with Gasteiger partial charge in [0.15, 0.2) is 12.0 Å². The summed E-state index contributed by atoms with van der Waals surface area (Å²) in [4.78, 5) is 10.5. The Morgan fingerprint density at radius 2 is 2.26 bits per heavy atom. The number of likely N-dealkylation sites (N-methyl/N-ethyl adjacent to an activating group) is 1. The topological polar surface area (TPSA) is 76.8 Å². The van der Waals surface area contributed by atoms with Crippen LogP contribution in [0.3, 0.4) is 0 Å². The summed E-state index contributed by atoms with van der Waals surface area (Å²) in [5, 5.41) is -0.200. The van der Waals surface area contributed by atoms with Gasteiger partial charge in [-0.3, -0.25) is 4.79 Å². The van der Waals surface area contributed by atoms with E-state index in [0.29, 0.717) is 26.0 Å². The molecule has 1 saturated heterocycles. The molecule has 6 nitrogen and oxygen atoms in total. The zero-order valence-electron chi connectivity index (χ0n) is 10.7. The minimum absolute atomic E-state index is 0.00624. The highest BCUT2D eigenvalue weighted by atomic mass is 32.2. The highest BCUT2D eigenvalue weighted by Gasteiger charge is 2.30. The Bertz CT molecular complexity index is 530. The first-order valence-electron chi connectivity index (χ1n) is 6.24. The van der Waals surface area contributed by atoms with Crippen LogP contribution in [0.25, 0.3) is 0 Å². The van der Waals surface area contributed by atoms with E-state index in [4.69, 9.17) is 9.15 Å². The molecule has 1 unspecified atom stereocenters. The molecule has 1 atom stereocenters. The molecule has 0 saturated carbocycles. The largest absolute Gasteiger partial charge is 0.440 e. The molecule has 1 aromatic rings. The zero-order valence-corrected chi connectivity index (χ0v) is 11.6. The molecule has 0 aliphatic carbocycles. The molecule has 0 spiro atoms. The number of hydrogen-bond acceptors (Lipinski definition) is 5. The van der Waals surface area contributed by atoms with Gasteiger partial charge in [0.05, 0.1) is 6.10 Å². The van der Waals surface area contributed by atoms with Gasteiger partial charge in [-0.15, -0.1) is 0 Å². The second-order valence-electron chi connectivity index (χ2n) is 4.37. The van der Waals surface area contributed by atoms with Crippen LogP contribution >= 0.6 is 0 Å². The lowest BCUT2D eigenvalue weighted by molar-refractivity contribution is 0.0942. The predicted octanol–water partition coefficient (Wildman–Crippen LogP) is 1.28. The summed E-state index contributed by atoms with van der Waals surface area (Å²) in [5.74, 6) is 0.00624. The third-order valence-electron chi connectivity index (χ3n) is 3.10. The fourth-order valence-corrected chi connectivity index (χ4v) is 3.47. The zero-order chi connectivity index (χ0) is 13.9. The smallest absolute Gasteiger partial charge is 0.276 e. The highest BCUT2D eigenvalue weighted by Crippen LogP contribution is 2.21. The molecular weight excluding hydrogens is 270 g/mol. The van der Waals surface area contributed by atoms with E-state index in [1.165, 1.54) is 16.4 Å². The Kier molecular flexibility index (Phi) is 4.38. The van der Waals surface area contributed by atoms with Crippen LogP contribution in [0.4, 0.5) is 0 Å². The average Bonchev–Trinajstić information content (AvgIpc) is 3.06. The van der Waals surface area contributed by atoms with Gasteiger partial charge in [0, 0.05) is 19.7 Å². The summed E-state index contributed by atoms with van der Waals surface area (Å²) in [7, 11) is -3.70. The van der Waals surface area contributed by atoms with Crippen molar-refractivity contribution in [1.82, 2.24) is 4.31 Å². The van der Waals surface area contributed by atoms with Gasteiger partial charge in [-0.25, -0.2) is 8.42 Å². The number of carbonyl (C=O) groups excluding carboxylic acids is 1. The van der Waals surface area contributed by atoms with Crippen molar-refractivity contribution in [1.29, 1.82) is 0 Å². The fourth-order valence-electron chi connectivity index (χ4n) is 2.08. The molecule has 0 N–H and O–H groups in total. The molecule has 1 aromatic heterocycles. The van der Waals surface area contributed by atoms with Crippen LogP contribution in [0.5, 0.6) is 0 Å². The maximum atomic E-state index is 12.3. The minimum atomic E-state index is -3.70. The molecular formula is C12H17NO5S. The van der Waals surface area contributed by atoms with Crippen molar-refractivity contribution in [3.8, 4) is 0 Å². The summed E-state index contributed by atoms with van der Waals surface area (Å²) in [6.45, 7) is 3.09. The molecule has 1 fully saturated rings. The molecule has 0 radical (unpaired) electrons. The summed E-state index contributed by atoms with van der Waals surface area (Å²) in [6, 6.07) is 2.65. The molecule has 1 aliphatic rings. The van der Waals surface area contributed by atoms with Crippen molar-refractivity contribution in [2.24, 2.45) is 0 Å². The average molecular weight is 287 g/mol. The molecule has 106 valence electrons. The lowest BCUT2D eigenvalue weighted by atomic mass is 10.2. The number of furan rings is 1. The van der Waals surface area contributed by atoms with Crippen LogP contribution in [0.1, 0.15) is 30.3 Å². The molecule has 7 heteroatoms. The number of aldehydes is 1. The number of hydrogen-bond donors (Lipinski definition) is 0. The van der Waals surface area contributed by atoms with E-state index < -0.39 is 10.0 Å². The lowest BCUT2D eigenvalue weighted by Crippen LogP contribution is -2.37. The van der Waals surface area contributed by atoms with Crippen LogP contribution in [0.15, 0.2) is 21.6 Å². The van der Waals surface area contributed by atoms with E-state index in [1.54, 1.807) is 6.92 Å². The number of carbonyl (C=O) groups is 1. The van der Waals surface area contributed by atoms with Crippen LogP contribution in [0, 0.1) is 0 Å². The first kappa shape index (κ1) is 14.2. The molecule has 2 heterocycles. The minimum Gasteiger partial charge on any atom is -0.440 e. The lowest BCUT2D eigenvalue weighted by Gasteiger charge is -2.22. The summed E-state index contributed by atoms with van der Waals surface area (Å²) < 4.78 is 36.5. The fraction of sp³-hybridized carbons (Fsp3) is 0.583. The SMILES string of the molecule is CCN(CC1CCCO1)S(=O)(=O)c1ccc(C=O)o1. The number of nitrogens with zero attached hydrogens (tertiary/aromatic N) is 1. The first-order chi connectivity index (χ1) is 9.07. The maximum Gasteiger partial charge on any atom is 0.276 e. The number of ether oxygens (including phenoxy) is 1. The van der Waals surface area contributed by atoms with Gasteiger partial charge >= 0.3 is 0 Å². The number of sulfonamides is 1. The van der Waals surface area contributed by atoms with E-state index in [2.05, 4.69) is 0 Å². The van der Waals surface area contributed by atoms with Gasteiger partial charge in [0.1, 0.15) is 0 Å². The Labute approximate surface area is 112 Å². The third kappa shape index (κ3) is 3.05.